The quantitative estimate of drug-likeness (QED) is 0.809. The minimum absolute atomic E-state index is 0.311. The first-order valence-corrected chi connectivity index (χ1v) is 9.23. The van der Waals surface area contributed by atoms with Crippen molar-refractivity contribution >= 4 is 27.5 Å². The monoisotopic (exact) mass is 361 g/mol. The molecule has 0 aliphatic carbocycles. The molecule has 0 saturated carbocycles. The van der Waals surface area contributed by atoms with Crippen LogP contribution in [0.5, 0.6) is 0 Å². The molecular formula is C17H19N3O4S. The number of rotatable bonds is 6. The highest BCUT2D eigenvalue weighted by Gasteiger charge is 2.30. The second kappa shape index (κ2) is 7.45. The number of benzene rings is 2. The highest BCUT2D eigenvalue weighted by Crippen LogP contribution is 2.23. The van der Waals surface area contributed by atoms with Gasteiger partial charge < -0.3 is 11.1 Å². The van der Waals surface area contributed by atoms with Gasteiger partial charge in [0.1, 0.15) is 6.04 Å². The first-order chi connectivity index (χ1) is 11.7. The number of anilines is 1. The SMILES string of the molecule is CN([C@H](C(=O)Nc1ccc(C(N)=O)cc1)c1ccccc1)S(C)(=O)=O. The van der Waals surface area contributed by atoms with Crippen molar-refractivity contribution in [3.05, 3.63) is 65.7 Å². The Hall–Kier alpha value is -2.71. The highest BCUT2D eigenvalue weighted by atomic mass is 32.2. The first kappa shape index (κ1) is 18.6. The average Bonchev–Trinajstić information content (AvgIpc) is 2.55. The van der Waals surface area contributed by atoms with Gasteiger partial charge in [-0.15, -0.1) is 0 Å². The van der Waals surface area contributed by atoms with Gasteiger partial charge in [0.05, 0.1) is 6.26 Å². The standard InChI is InChI=1S/C17H19N3O4S/c1-20(25(2,23)24)15(12-6-4-3-5-7-12)17(22)19-14-10-8-13(9-11-14)16(18)21/h3-11,15H,1-2H3,(H2,18,21)(H,19,22)/t15-/m0/s1. The first-order valence-electron chi connectivity index (χ1n) is 7.39. The number of nitrogens with two attached hydrogens (primary N) is 1. The summed E-state index contributed by atoms with van der Waals surface area (Å²) in [6.07, 6.45) is 1.04. The maximum atomic E-state index is 12.7. The molecule has 0 aliphatic heterocycles. The summed E-state index contributed by atoms with van der Waals surface area (Å²) < 4.78 is 24.8. The van der Waals surface area contributed by atoms with Crippen LogP contribution < -0.4 is 11.1 Å². The lowest BCUT2D eigenvalue weighted by Crippen LogP contribution is -2.38. The Morgan fingerprint density at radius 1 is 1.04 bits per heavy atom. The molecule has 3 N–H and O–H groups in total. The topological polar surface area (TPSA) is 110 Å². The number of nitrogens with zero attached hydrogens (tertiary/aromatic N) is 1. The van der Waals surface area contributed by atoms with Crippen molar-refractivity contribution in [2.24, 2.45) is 5.73 Å². The number of carbonyl (C=O) groups excluding carboxylic acids is 2. The predicted octanol–water partition coefficient (Wildman–Crippen LogP) is 1.36. The van der Waals surface area contributed by atoms with Crippen LogP contribution >= 0.6 is 0 Å². The van der Waals surface area contributed by atoms with Gasteiger partial charge in [-0.3, -0.25) is 9.59 Å². The van der Waals surface area contributed by atoms with E-state index in [1.165, 1.54) is 31.3 Å². The van der Waals surface area contributed by atoms with Gasteiger partial charge in [-0.25, -0.2) is 8.42 Å². The third-order valence-electron chi connectivity index (χ3n) is 3.69. The number of sulfonamides is 1. The van der Waals surface area contributed by atoms with Crippen LogP contribution in [0.15, 0.2) is 54.6 Å². The van der Waals surface area contributed by atoms with Crippen LogP contribution in [-0.2, 0) is 14.8 Å². The molecule has 0 spiro atoms. The van der Waals surface area contributed by atoms with E-state index in [1.807, 2.05) is 0 Å². The summed E-state index contributed by atoms with van der Waals surface area (Å²) in [6.45, 7) is 0. The van der Waals surface area contributed by atoms with E-state index in [9.17, 15) is 18.0 Å². The molecule has 0 saturated heterocycles. The third kappa shape index (κ3) is 4.65. The van der Waals surface area contributed by atoms with E-state index in [0.29, 0.717) is 16.8 Å². The summed E-state index contributed by atoms with van der Waals surface area (Å²) in [5.41, 5.74) is 6.46. The minimum atomic E-state index is -3.59. The zero-order valence-corrected chi connectivity index (χ0v) is 14.7. The fraction of sp³-hybridized carbons (Fsp3) is 0.176. The lowest BCUT2D eigenvalue weighted by atomic mass is 10.1. The van der Waals surface area contributed by atoms with Gasteiger partial charge in [-0.05, 0) is 29.8 Å². The zero-order valence-electron chi connectivity index (χ0n) is 13.8. The molecule has 7 nitrogen and oxygen atoms in total. The molecule has 0 bridgehead atoms. The Labute approximate surface area is 146 Å². The number of nitrogens with one attached hydrogen (secondary N) is 1. The lowest BCUT2D eigenvalue weighted by molar-refractivity contribution is -0.119. The number of likely N-dealkylation sites (N-methyl/N-ethyl adjacent to an activating group) is 1. The van der Waals surface area contributed by atoms with E-state index >= 15 is 0 Å². The van der Waals surface area contributed by atoms with Crippen LogP contribution in [-0.4, -0.2) is 37.8 Å². The summed E-state index contributed by atoms with van der Waals surface area (Å²) in [6, 6.07) is 13.6. The molecule has 2 amide bonds. The molecule has 0 radical (unpaired) electrons. The van der Waals surface area contributed by atoms with Gasteiger partial charge >= 0.3 is 0 Å². The summed E-state index contributed by atoms with van der Waals surface area (Å²) in [7, 11) is -2.24. The van der Waals surface area contributed by atoms with E-state index in [2.05, 4.69) is 5.32 Å². The molecular weight excluding hydrogens is 342 g/mol. The fourth-order valence-corrected chi connectivity index (χ4v) is 2.88. The highest BCUT2D eigenvalue weighted by molar-refractivity contribution is 7.88. The number of carbonyl (C=O) groups is 2. The van der Waals surface area contributed by atoms with Crippen LogP contribution in [0.1, 0.15) is 22.0 Å². The van der Waals surface area contributed by atoms with E-state index in [0.717, 1.165) is 10.6 Å². The predicted molar refractivity (Wildman–Crippen MR) is 95.4 cm³/mol. The summed E-state index contributed by atoms with van der Waals surface area (Å²) in [4.78, 5) is 23.8. The Bertz CT molecular complexity index is 865. The van der Waals surface area contributed by atoms with Gasteiger partial charge in [-0.1, -0.05) is 30.3 Å². The molecule has 132 valence electrons. The molecule has 0 fully saturated rings. The second-order valence-corrected chi connectivity index (χ2v) is 7.57. The van der Waals surface area contributed by atoms with Crippen molar-refractivity contribution in [3.63, 3.8) is 0 Å². The number of hydrogen-bond acceptors (Lipinski definition) is 4. The molecule has 2 aromatic carbocycles. The Morgan fingerprint density at radius 3 is 2.08 bits per heavy atom. The zero-order chi connectivity index (χ0) is 18.6. The molecule has 0 heterocycles. The Morgan fingerprint density at radius 2 is 1.60 bits per heavy atom. The maximum absolute atomic E-state index is 12.7. The lowest BCUT2D eigenvalue weighted by Gasteiger charge is -2.25. The van der Waals surface area contributed by atoms with Gasteiger partial charge in [0.2, 0.25) is 21.8 Å². The Balaban J connectivity index is 2.31. The van der Waals surface area contributed by atoms with Crippen molar-refractivity contribution in [2.75, 3.05) is 18.6 Å². The minimum Gasteiger partial charge on any atom is -0.366 e. The second-order valence-electron chi connectivity index (χ2n) is 5.52. The third-order valence-corrected chi connectivity index (χ3v) is 4.94. The van der Waals surface area contributed by atoms with Crippen LogP contribution in [0, 0.1) is 0 Å². The normalized spacial score (nSPS) is 12.6. The van der Waals surface area contributed by atoms with Crippen LogP contribution in [0.25, 0.3) is 0 Å². The van der Waals surface area contributed by atoms with Crippen molar-refractivity contribution in [1.29, 1.82) is 0 Å². The Kier molecular flexibility index (Phi) is 5.55. The van der Waals surface area contributed by atoms with Gasteiger partial charge in [0.15, 0.2) is 0 Å². The van der Waals surface area contributed by atoms with Gasteiger partial charge in [-0.2, -0.15) is 4.31 Å². The summed E-state index contributed by atoms with van der Waals surface area (Å²) >= 11 is 0. The van der Waals surface area contributed by atoms with Gasteiger partial charge in [0.25, 0.3) is 0 Å². The van der Waals surface area contributed by atoms with E-state index < -0.39 is 27.9 Å². The van der Waals surface area contributed by atoms with Crippen molar-refractivity contribution in [1.82, 2.24) is 4.31 Å². The number of primary amides is 1. The molecule has 25 heavy (non-hydrogen) atoms. The van der Waals surface area contributed by atoms with Gasteiger partial charge in [0, 0.05) is 18.3 Å². The summed E-state index contributed by atoms with van der Waals surface area (Å²) in [5, 5.41) is 2.66. The van der Waals surface area contributed by atoms with E-state index in [-0.39, 0.29) is 0 Å². The van der Waals surface area contributed by atoms with Crippen molar-refractivity contribution in [3.8, 4) is 0 Å². The van der Waals surface area contributed by atoms with Crippen LogP contribution in [0.3, 0.4) is 0 Å². The van der Waals surface area contributed by atoms with Crippen molar-refractivity contribution < 1.29 is 18.0 Å². The van der Waals surface area contributed by atoms with Crippen LogP contribution in [0.2, 0.25) is 0 Å². The molecule has 1 atom stereocenters. The fourth-order valence-electron chi connectivity index (χ4n) is 2.28. The molecule has 2 rings (SSSR count). The molecule has 0 unspecified atom stereocenters. The van der Waals surface area contributed by atoms with Crippen molar-refractivity contribution in [2.45, 2.75) is 6.04 Å². The average molecular weight is 361 g/mol. The largest absolute Gasteiger partial charge is 0.366 e. The molecule has 0 aliphatic rings. The molecule has 2 aromatic rings. The number of amides is 2. The van der Waals surface area contributed by atoms with E-state index in [1.54, 1.807) is 30.3 Å². The maximum Gasteiger partial charge on any atom is 0.248 e. The number of hydrogen-bond donors (Lipinski definition) is 2. The summed E-state index contributed by atoms with van der Waals surface area (Å²) in [5.74, 6) is -1.08. The molecule has 0 aromatic heterocycles. The smallest absolute Gasteiger partial charge is 0.248 e. The van der Waals surface area contributed by atoms with Crippen LogP contribution in [0.4, 0.5) is 5.69 Å². The molecule has 8 heteroatoms. The van der Waals surface area contributed by atoms with E-state index in [4.69, 9.17) is 5.73 Å².